The second kappa shape index (κ2) is 5.66. The Morgan fingerprint density at radius 2 is 1.86 bits per heavy atom. The summed E-state index contributed by atoms with van der Waals surface area (Å²) in [5.74, 6) is -0.109. The van der Waals surface area contributed by atoms with Crippen LogP contribution in [0.4, 0.5) is 0 Å². The number of aromatic nitrogens is 2. The van der Waals surface area contributed by atoms with Crippen LogP contribution in [0.3, 0.4) is 0 Å². The van der Waals surface area contributed by atoms with Crippen molar-refractivity contribution in [2.24, 2.45) is 0 Å². The van der Waals surface area contributed by atoms with Gasteiger partial charge >= 0.3 is 0 Å². The van der Waals surface area contributed by atoms with Crippen LogP contribution in [0.25, 0.3) is 21.3 Å². The molecule has 1 aromatic carbocycles. The molecule has 114 valence electrons. The van der Waals surface area contributed by atoms with Crippen LogP contribution < -0.4 is 5.56 Å². The second-order valence-corrected chi connectivity index (χ2v) is 8.24. The molecule has 0 aliphatic rings. The zero-order valence-electron chi connectivity index (χ0n) is 11.9. The SMILES string of the molecule is CS(=O)(=O)CCn1nc(-c2cccs2)c2ccccc2c1=O. The number of sulfone groups is 1. The van der Waals surface area contributed by atoms with E-state index in [1.807, 2.05) is 29.6 Å². The predicted octanol–water partition coefficient (Wildman–Crippen LogP) is 2.17. The molecule has 0 atom stereocenters. The fraction of sp³-hybridized carbons (Fsp3) is 0.200. The van der Waals surface area contributed by atoms with Crippen molar-refractivity contribution in [1.29, 1.82) is 0 Å². The molecular weight excluding hydrogens is 320 g/mol. The molecule has 0 fully saturated rings. The van der Waals surface area contributed by atoms with E-state index in [2.05, 4.69) is 5.10 Å². The molecule has 0 radical (unpaired) electrons. The zero-order chi connectivity index (χ0) is 15.7. The van der Waals surface area contributed by atoms with Crippen molar-refractivity contribution in [3.63, 3.8) is 0 Å². The first-order valence-electron chi connectivity index (χ1n) is 6.67. The van der Waals surface area contributed by atoms with Crippen molar-refractivity contribution < 1.29 is 8.42 Å². The zero-order valence-corrected chi connectivity index (χ0v) is 13.5. The van der Waals surface area contributed by atoms with Gasteiger partial charge in [0, 0.05) is 11.6 Å². The van der Waals surface area contributed by atoms with Crippen molar-refractivity contribution in [2.75, 3.05) is 12.0 Å². The largest absolute Gasteiger partial charge is 0.274 e. The summed E-state index contributed by atoms with van der Waals surface area (Å²) in [6.07, 6.45) is 1.15. The second-order valence-electron chi connectivity index (χ2n) is 5.03. The quantitative estimate of drug-likeness (QED) is 0.733. The number of hydrogen-bond donors (Lipinski definition) is 0. The first-order valence-corrected chi connectivity index (χ1v) is 9.61. The lowest BCUT2D eigenvalue weighted by Gasteiger charge is -2.09. The van der Waals surface area contributed by atoms with Crippen molar-refractivity contribution >= 4 is 31.9 Å². The molecule has 0 saturated carbocycles. The van der Waals surface area contributed by atoms with Gasteiger partial charge in [0.25, 0.3) is 5.56 Å². The maximum absolute atomic E-state index is 12.5. The summed E-state index contributed by atoms with van der Waals surface area (Å²) >= 11 is 1.53. The van der Waals surface area contributed by atoms with E-state index in [0.29, 0.717) is 11.1 Å². The average molecular weight is 334 g/mol. The van der Waals surface area contributed by atoms with E-state index in [4.69, 9.17) is 0 Å². The Morgan fingerprint density at radius 3 is 2.50 bits per heavy atom. The average Bonchev–Trinajstić information content (AvgIpc) is 3.00. The summed E-state index contributed by atoms with van der Waals surface area (Å²) in [7, 11) is -3.16. The van der Waals surface area contributed by atoms with Gasteiger partial charge in [0.1, 0.15) is 15.5 Å². The lowest BCUT2D eigenvalue weighted by Crippen LogP contribution is -2.27. The van der Waals surface area contributed by atoms with Crippen LogP contribution in [0.15, 0.2) is 46.6 Å². The van der Waals surface area contributed by atoms with Crippen molar-refractivity contribution in [2.45, 2.75) is 6.54 Å². The van der Waals surface area contributed by atoms with Gasteiger partial charge in [-0.1, -0.05) is 24.3 Å². The molecular formula is C15H14N2O3S2. The molecule has 0 N–H and O–H groups in total. The Labute approximate surface area is 131 Å². The predicted molar refractivity (Wildman–Crippen MR) is 89.0 cm³/mol. The minimum Gasteiger partial charge on any atom is -0.267 e. The van der Waals surface area contributed by atoms with Gasteiger partial charge in [-0.15, -0.1) is 11.3 Å². The topological polar surface area (TPSA) is 69.0 Å². The summed E-state index contributed by atoms with van der Waals surface area (Å²) in [5, 5.41) is 7.67. The number of benzene rings is 1. The highest BCUT2D eigenvalue weighted by Crippen LogP contribution is 2.28. The van der Waals surface area contributed by atoms with Gasteiger partial charge in [0.05, 0.1) is 22.6 Å². The first-order chi connectivity index (χ1) is 10.5. The third-order valence-corrected chi connectivity index (χ3v) is 5.10. The Bertz CT molecular complexity index is 974. The number of fused-ring (bicyclic) bond motifs is 1. The van der Waals surface area contributed by atoms with Gasteiger partial charge in [-0.25, -0.2) is 13.1 Å². The van der Waals surface area contributed by atoms with Crippen LogP contribution in [0.2, 0.25) is 0 Å². The molecule has 0 bridgehead atoms. The van der Waals surface area contributed by atoms with Crippen LogP contribution in [-0.2, 0) is 16.4 Å². The lowest BCUT2D eigenvalue weighted by molar-refractivity contribution is 0.579. The fourth-order valence-corrected chi connectivity index (χ4v) is 3.46. The van der Waals surface area contributed by atoms with E-state index in [1.54, 1.807) is 12.1 Å². The molecule has 3 rings (SSSR count). The van der Waals surface area contributed by atoms with Gasteiger partial charge in [-0.3, -0.25) is 4.79 Å². The molecule has 0 spiro atoms. The summed E-state index contributed by atoms with van der Waals surface area (Å²) in [6.45, 7) is 0.0564. The molecule has 5 nitrogen and oxygen atoms in total. The Hall–Kier alpha value is -1.99. The summed E-state index contributed by atoms with van der Waals surface area (Å²) < 4.78 is 24.0. The molecule has 0 aliphatic carbocycles. The molecule has 22 heavy (non-hydrogen) atoms. The molecule has 0 amide bonds. The highest BCUT2D eigenvalue weighted by molar-refractivity contribution is 7.90. The molecule has 0 saturated heterocycles. The third-order valence-electron chi connectivity index (χ3n) is 3.30. The number of rotatable bonds is 4. The van der Waals surface area contributed by atoms with Crippen molar-refractivity contribution in [3.05, 3.63) is 52.1 Å². The highest BCUT2D eigenvalue weighted by Gasteiger charge is 2.13. The van der Waals surface area contributed by atoms with Gasteiger partial charge in [-0.05, 0) is 17.5 Å². The Kier molecular flexibility index (Phi) is 3.84. The van der Waals surface area contributed by atoms with Gasteiger partial charge < -0.3 is 0 Å². The van der Waals surface area contributed by atoms with E-state index in [1.165, 1.54) is 16.0 Å². The van der Waals surface area contributed by atoms with Crippen LogP contribution >= 0.6 is 11.3 Å². The third kappa shape index (κ3) is 2.95. The molecule has 3 aromatic rings. The summed E-state index contributed by atoms with van der Waals surface area (Å²) in [6, 6.07) is 11.1. The van der Waals surface area contributed by atoms with E-state index < -0.39 is 9.84 Å². The number of thiophene rings is 1. The molecule has 7 heteroatoms. The Balaban J connectivity index is 2.22. The minimum absolute atomic E-state index is 0.0564. The van der Waals surface area contributed by atoms with Crippen LogP contribution in [0.1, 0.15) is 0 Å². The van der Waals surface area contributed by atoms with Crippen LogP contribution in [0.5, 0.6) is 0 Å². The fourth-order valence-electron chi connectivity index (χ4n) is 2.23. The molecule has 2 heterocycles. The number of nitrogens with zero attached hydrogens (tertiary/aromatic N) is 2. The first kappa shape index (κ1) is 14.9. The summed E-state index contributed by atoms with van der Waals surface area (Å²) in [5.41, 5.74) is 0.443. The van der Waals surface area contributed by atoms with Crippen molar-refractivity contribution in [1.82, 2.24) is 9.78 Å². The normalized spacial score (nSPS) is 11.9. The van der Waals surface area contributed by atoms with E-state index >= 15 is 0 Å². The standard InChI is InChI=1S/C15H14N2O3S2/c1-22(19,20)10-8-17-15(18)12-6-3-2-5-11(12)14(16-17)13-7-4-9-21-13/h2-7,9H,8,10H2,1H3. The smallest absolute Gasteiger partial charge is 0.267 e. The van der Waals surface area contributed by atoms with E-state index in [0.717, 1.165) is 16.5 Å². The van der Waals surface area contributed by atoms with Crippen molar-refractivity contribution in [3.8, 4) is 10.6 Å². The van der Waals surface area contributed by atoms with Crippen LogP contribution in [-0.4, -0.2) is 30.2 Å². The molecule has 0 aliphatic heterocycles. The lowest BCUT2D eigenvalue weighted by atomic mass is 10.1. The highest BCUT2D eigenvalue weighted by atomic mass is 32.2. The number of aryl methyl sites for hydroxylation is 1. The van der Waals surface area contributed by atoms with Gasteiger partial charge in [0.15, 0.2) is 0 Å². The van der Waals surface area contributed by atoms with E-state index in [-0.39, 0.29) is 17.9 Å². The molecule has 0 unspecified atom stereocenters. The molecule has 2 aromatic heterocycles. The summed E-state index contributed by atoms with van der Waals surface area (Å²) in [4.78, 5) is 13.4. The number of hydrogen-bond acceptors (Lipinski definition) is 5. The minimum atomic E-state index is -3.16. The van der Waals surface area contributed by atoms with E-state index in [9.17, 15) is 13.2 Å². The Morgan fingerprint density at radius 1 is 1.14 bits per heavy atom. The van der Waals surface area contributed by atoms with Crippen LogP contribution in [0, 0.1) is 0 Å². The maximum Gasteiger partial charge on any atom is 0.274 e. The monoisotopic (exact) mass is 334 g/mol. The van der Waals surface area contributed by atoms with Gasteiger partial charge in [0.2, 0.25) is 0 Å². The van der Waals surface area contributed by atoms with Gasteiger partial charge in [-0.2, -0.15) is 5.10 Å². The maximum atomic E-state index is 12.5.